The minimum atomic E-state index is 0.607. The number of benzene rings is 1. The van der Waals surface area contributed by atoms with Gasteiger partial charge in [0.15, 0.2) is 0 Å². The summed E-state index contributed by atoms with van der Waals surface area (Å²) in [5, 5.41) is 0. The standard InChI is InChI=1S/C8H6FI/c9-6-8(10)7-4-2-1-3-5-7/h1-6H. The first kappa shape index (κ1) is 7.72. The van der Waals surface area contributed by atoms with Crippen LogP contribution in [-0.4, -0.2) is 0 Å². The molecule has 0 spiro atoms. The van der Waals surface area contributed by atoms with E-state index in [9.17, 15) is 4.39 Å². The maximum Gasteiger partial charge on any atom is 0.101 e. The summed E-state index contributed by atoms with van der Waals surface area (Å²) in [6, 6.07) is 9.43. The molecular formula is C8H6FI. The van der Waals surface area contributed by atoms with E-state index in [1.807, 2.05) is 52.9 Å². The number of hydrogen-bond acceptors (Lipinski definition) is 0. The summed E-state index contributed by atoms with van der Waals surface area (Å²) in [5.74, 6) is 0. The lowest BCUT2D eigenvalue weighted by Gasteiger charge is -1.93. The largest absolute Gasteiger partial charge is 0.214 e. The van der Waals surface area contributed by atoms with Crippen LogP contribution in [0.1, 0.15) is 5.56 Å². The Kier molecular flexibility index (Phi) is 2.86. The van der Waals surface area contributed by atoms with Crippen LogP contribution >= 0.6 is 22.6 Å². The first-order valence-corrected chi connectivity index (χ1v) is 3.94. The maximum atomic E-state index is 11.9. The molecule has 0 aromatic heterocycles. The normalized spacial score (nSPS) is 11.6. The van der Waals surface area contributed by atoms with Gasteiger partial charge in [0.05, 0.1) is 0 Å². The van der Waals surface area contributed by atoms with E-state index in [1.54, 1.807) is 0 Å². The molecule has 0 saturated carbocycles. The van der Waals surface area contributed by atoms with Crippen molar-refractivity contribution in [1.29, 1.82) is 0 Å². The summed E-state index contributed by atoms with van der Waals surface area (Å²) in [5.41, 5.74) is 0.922. The van der Waals surface area contributed by atoms with Crippen LogP contribution in [0.3, 0.4) is 0 Å². The molecule has 1 aromatic rings. The topological polar surface area (TPSA) is 0 Å². The Labute approximate surface area is 72.9 Å². The molecule has 0 heterocycles. The van der Waals surface area contributed by atoms with Crippen LogP contribution in [0, 0.1) is 0 Å². The van der Waals surface area contributed by atoms with Crippen molar-refractivity contribution in [2.45, 2.75) is 0 Å². The van der Waals surface area contributed by atoms with Crippen LogP contribution in [-0.2, 0) is 0 Å². The Morgan fingerprint density at radius 3 is 2.40 bits per heavy atom. The fourth-order valence-corrected chi connectivity index (χ4v) is 1.02. The minimum absolute atomic E-state index is 0.607. The van der Waals surface area contributed by atoms with Gasteiger partial charge in [0, 0.05) is 3.58 Å². The molecule has 0 N–H and O–H groups in total. The van der Waals surface area contributed by atoms with Crippen LogP contribution in [0.5, 0.6) is 0 Å². The first-order chi connectivity index (χ1) is 4.84. The zero-order chi connectivity index (χ0) is 7.40. The van der Waals surface area contributed by atoms with Gasteiger partial charge in [-0.2, -0.15) is 0 Å². The van der Waals surface area contributed by atoms with E-state index in [-0.39, 0.29) is 0 Å². The van der Waals surface area contributed by atoms with Crippen molar-refractivity contribution in [3.63, 3.8) is 0 Å². The van der Waals surface area contributed by atoms with Gasteiger partial charge in [-0.1, -0.05) is 30.3 Å². The second kappa shape index (κ2) is 3.71. The molecule has 0 saturated heterocycles. The lowest BCUT2D eigenvalue weighted by Crippen LogP contribution is -1.71. The van der Waals surface area contributed by atoms with Gasteiger partial charge in [-0.05, 0) is 28.2 Å². The highest BCUT2D eigenvalue weighted by atomic mass is 127. The smallest absolute Gasteiger partial charge is 0.101 e. The summed E-state index contributed by atoms with van der Waals surface area (Å²) in [6.07, 6.45) is 0.607. The van der Waals surface area contributed by atoms with Crippen molar-refractivity contribution >= 4 is 26.2 Å². The van der Waals surface area contributed by atoms with Crippen LogP contribution in [0.4, 0.5) is 4.39 Å². The number of hydrogen-bond donors (Lipinski definition) is 0. The van der Waals surface area contributed by atoms with E-state index < -0.39 is 0 Å². The van der Waals surface area contributed by atoms with Gasteiger partial charge < -0.3 is 0 Å². The Bertz CT molecular complexity index is 228. The van der Waals surface area contributed by atoms with E-state index in [0.717, 1.165) is 5.56 Å². The molecule has 0 aliphatic heterocycles. The Morgan fingerprint density at radius 2 is 1.90 bits per heavy atom. The van der Waals surface area contributed by atoms with E-state index >= 15 is 0 Å². The van der Waals surface area contributed by atoms with Gasteiger partial charge in [-0.3, -0.25) is 0 Å². The maximum absolute atomic E-state index is 11.9. The zero-order valence-corrected chi connectivity index (χ0v) is 7.38. The summed E-state index contributed by atoms with van der Waals surface area (Å²) in [6.45, 7) is 0. The van der Waals surface area contributed by atoms with E-state index in [4.69, 9.17) is 0 Å². The van der Waals surface area contributed by atoms with Crippen molar-refractivity contribution in [2.75, 3.05) is 0 Å². The van der Waals surface area contributed by atoms with Crippen molar-refractivity contribution in [1.82, 2.24) is 0 Å². The molecule has 1 rings (SSSR count). The van der Waals surface area contributed by atoms with Crippen molar-refractivity contribution in [2.24, 2.45) is 0 Å². The van der Waals surface area contributed by atoms with Crippen LogP contribution in [0.15, 0.2) is 36.7 Å². The molecular weight excluding hydrogens is 242 g/mol. The van der Waals surface area contributed by atoms with Crippen molar-refractivity contribution < 1.29 is 4.39 Å². The second-order valence-corrected chi connectivity index (χ2v) is 2.99. The summed E-state index contributed by atoms with van der Waals surface area (Å²) in [7, 11) is 0. The molecule has 52 valence electrons. The lowest BCUT2D eigenvalue weighted by molar-refractivity contribution is 0.727. The number of rotatable bonds is 1. The second-order valence-electron chi connectivity index (χ2n) is 1.82. The Morgan fingerprint density at radius 1 is 1.30 bits per heavy atom. The van der Waals surface area contributed by atoms with Gasteiger partial charge in [0.25, 0.3) is 0 Å². The van der Waals surface area contributed by atoms with E-state index in [2.05, 4.69) is 0 Å². The zero-order valence-electron chi connectivity index (χ0n) is 5.22. The molecule has 0 nitrogen and oxygen atoms in total. The van der Waals surface area contributed by atoms with Gasteiger partial charge >= 0.3 is 0 Å². The third kappa shape index (κ3) is 1.80. The molecule has 0 aliphatic rings. The fourth-order valence-electron chi connectivity index (χ4n) is 0.660. The molecule has 2 heteroatoms. The highest BCUT2D eigenvalue weighted by Gasteiger charge is 1.92. The van der Waals surface area contributed by atoms with E-state index in [0.29, 0.717) is 9.91 Å². The highest BCUT2D eigenvalue weighted by Crippen LogP contribution is 2.20. The summed E-state index contributed by atoms with van der Waals surface area (Å²) < 4.78 is 12.5. The molecule has 0 aliphatic carbocycles. The molecule has 1 aromatic carbocycles. The fraction of sp³-hybridized carbons (Fsp3) is 0. The van der Waals surface area contributed by atoms with Gasteiger partial charge in [-0.15, -0.1) is 0 Å². The molecule has 10 heavy (non-hydrogen) atoms. The van der Waals surface area contributed by atoms with Crippen LogP contribution < -0.4 is 0 Å². The highest BCUT2D eigenvalue weighted by molar-refractivity contribution is 14.1. The average molecular weight is 248 g/mol. The third-order valence-electron chi connectivity index (χ3n) is 1.15. The predicted octanol–water partition coefficient (Wildman–Crippen LogP) is 3.39. The van der Waals surface area contributed by atoms with Crippen LogP contribution in [0.2, 0.25) is 0 Å². The van der Waals surface area contributed by atoms with Crippen molar-refractivity contribution in [3.8, 4) is 0 Å². The Balaban J connectivity index is 2.96. The molecule has 0 unspecified atom stereocenters. The molecule has 0 radical (unpaired) electrons. The Hall–Kier alpha value is -0.380. The third-order valence-corrected chi connectivity index (χ3v) is 2.00. The molecule has 0 amide bonds. The predicted molar refractivity (Wildman–Crippen MR) is 49.5 cm³/mol. The molecule has 0 bridgehead atoms. The van der Waals surface area contributed by atoms with E-state index in [1.165, 1.54) is 0 Å². The number of halogens is 2. The monoisotopic (exact) mass is 248 g/mol. The SMILES string of the molecule is FC=C(I)c1ccccc1. The van der Waals surface area contributed by atoms with Gasteiger partial charge in [-0.25, -0.2) is 4.39 Å². The minimum Gasteiger partial charge on any atom is -0.214 e. The van der Waals surface area contributed by atoms with Crippen LogP contribution in [0.25, 0.3) is 3.58 Å². The summed E-state index contributed by atoms with van der Waals surface area (Å²) in [4.78, 5) is 0. The summed E-state index contributed by atoms with van der Waals surface area (Å²) >= 11 is 1.96. The quantitative estimate of drug-likeness (QED) is 0.668. The first-order valence-electron chi connectivity index (χ1n) is 2.86. The molecule has 0 atom stereocenters. The lowest BCUT2D eigenvalue weighted by atomic mass is 10.2. The average Bonchev–Trinajstić information content (AvgIpc) is 2.05. The van der Waals surface area contributed by atoms with Gasteiger partial charge in [0.1, 0.15) is 6.33 Å². The molecule has 0 fully saturated rings. The van der Waals surface area contributed by atoms with Crippen molar-refractivity contribution in [3.05, 3.63) is 42.2 Å². The van der Waals surface area contributed by atoms with Gasteiger partial charge in [0.2, 0.25) is 0 Å².